The monoisotopic (exact) mass is 269 g/mol. The topological polar surface area (TPSA) is 43.8 Å². The molecule has 0 amide bonds. The summed E-state index contributed by atoms with van der Waals surface area (Å²) in [5.41, 5.74) is 12.3. The second-order valence-corrected chi connectivity index (χ2v) is 6.13. The summed E-state index contributed by atoms with van der Waals surface area (Å²) in [5.74, 6) is 1.35. The highest BCUT2D eigenvalue weighted by molar-refractivity contribution is 5.53. The normalized spacial score (nSPS) is 15.9. The fourth-order valence-corrected chi connectivity index (χ4v) is 3.52. The van der Waals surface area contributed by atoms with Gasteiger partial charge in [-0.05, 0) is 44.7 Å². The molecule has 3 heteroatoms. The Morgan fingerprint density at radius 2 is 1.65 bits per heavy atom. The summed E-state index contributed by atoms with van der Waals surface area (Å²) in [6, 6.07) is 6.45. The first-order valence-electron chi connectivity index (χ1n) is 7.50. The van der Waals surface area contributed by atoms with Crippen LogP contribution in [-0.2, 0) is 0 Å². The lowest BCUT2D eigenvalue weighted by Crippen LogP contribution is -2.07. The van der Waals surface area contributed by atoms with Crippen molar-refractivity contribution in [1.82, 2.24) is 9.78 Å². The summed E-state index contributed by atoms with van der Waals surface area (Å²) < 4.78 is 1.93. The molecular weight excluding hydrogens is 246 g/mol. The first kappa shape index (κ1) is 13.2. The van der Waals surface area contributed by atoms with Crippen LogP contribution in [0.1, 0.15) is 54.0 Å². The van der Waals surface area contributed by atoms with E-state index in [1.54, 1.807) is 0 Å². The van der Waals surface area contributed by atoms with E-state index < -0.39 is 0 Å². The van der Waals surface area contributed by atoms with Crippen LogP contribution in [0.15, 0.2) is 18.2 Å². The molecule has 1 fully saturated rings. The lowest BCUT2D eigenvalue weighted by atomic mass is 10.0. The molecule has 2 N–H and O–H groups in total. The van der Waals surface area contributed by atoms with Crippen molar-refractivity contribution in [3.05, 3.63) is 40.6 Å². The van der Waals surface area contributed by atoms with Gasteiger partial charge in [-0.2, -0.15) is 5.10 Å². The average Bonchev–Trinajstić information content (AvgIpc) is 2.98. The molecule has 0 spiro atoms. The van der Waals surface area contributed by atoms with Crippen LogP contribution in [0.25, 0.3) is 5.69 Å². The number of nitrogens with zero attached hydrogens (tertiary/aromatic N) is 2. The van der Waals surface area contributed by atoms with E-state index >= 15 is 0 Å². The van der Waals surface area contributed by atoms with Crippen molar-refractivity contribution in [2.45, 2.75) is 52.4 Å². The standard InChI is InChI=1S/C17H23N3/c1-11-8-12(2)17(13(3)9-11)20-16(18)10-15(19-20)14-6-4-5-7-14/h8-10,14H,4-7,18H2,1-3H3. The number of aryl methyl sites for hydroxylation is 3. The summed E-state index contributed by atoms with van der Waals surface area (Å²) in [7, 11) is 0. The van der Waals surface area contributed by atoms with Crippen LogP contribution in [0.5, 0.6) is 0 Å². The van der Waals surface area contributed by atoms with Crippen molar-refractivity contribution in [3.63, 3.8) is 0 Å². The Balaban J connectivity index is 2.06. The van der Waals surface area contributed by atoms with Gasteiger partial charge in [0.2, 0.25) is 0 Å². The molecule has 3 nitrogen and oxygen atoms in total. The van der Waals surface area contributed by atoms with Crippen LogP contribution in [0.3, 0.4) is 0 Å². The quantitative estimate of drug-likeness (QED) is 0.894. The molecule has 0 aliphatic heterocycles. The zero-order valence-corrected chi connectivity index (χ0v) is 12.6. The molecule has 0 saturated heterocycles. The molecule has 1 aromatic carbocycles. The maximum absolute atomic E-state index is 6.22. The van der Waals surface area contributed by atoms with Gasteiger partial charge in [-0.3, -0.25) is 0 Å². The van der Waals surface area contributed by atoms with E-state index in [0.29, 0.717) is 5.92 Å². The SMILES string of the molecule is Cc1cc(C)c(-n2nc(C3CCCC3)cc2N)c(C)c1. The van der Waals surface area contributed by atoms with Crippen molar-refractivity contribution in [3.8, 4) is 5.69 Å². The summed E-state index contributed by atoms with van der Waals surface area (Å²) in [5, 5.41) is 4.81. The first-order valence-corrected chi connectivity index (χ1v) is 7.50. The number of nitrogen functional groups attached to an aromatic ring is 1. The summed E-state index contributed by atoms with van der Waals surface area (Å²) in [6.45, 7) is 6.39. The van der Waals surface area contributed by atoms with Gasteiger partial charge < -0.3 is 5.73 Å². The number of anilines is 1. The van der Waals surface area contributed by atoms with E-state index in [4.69, 9.17) is 10.8 Å². The number of hydrogen-bond donors (Lipinski definition) is 1. The molecule has 1 aromatic heterocycles. The predicted molar refractivity (Wildman–Crippen MR) is 83.4 cm³/mol. The Hall–Kier alpha value is -1.77. The summed E-state index contributed by atoms with van der Waals surface area (Å²) >= 11 is 0. The van der Waals surface area contributed by atoms with Gasteiger partial charge in [0.15, 0.2) is 0 Å². The van der Waals surface area contributed by atoms with Crippen LogP contribution in [-0.4, -0.2) is 9.78 Å². The molecular formula is C17H23N3. The zero-order chi connectivity index (χ0) is 14.3. The molecule has 1 saturated carbocycles. The van der Waals surface area contributed by atoms with Crippen molar-refractivity contribution in [2.75, 3.05) is 5.73 Å². The van der Waals surface area contributed by atoms with E-state index in [1.165, 1.54) is 48.1 Å². The second-order valence-electron chi connectivity index (χ2n) is 6.13. The molecule has 20 heavy (non-hydrogen) atoms. The van der Waals surface area contributed by atoms with Crippen molar-refractivity contribution >= 4 is 5.82 Å². The molecule has 0 bridgehead atoms. The lowest BCUT2D eigenvalue weighted by Gasteiger charge is -2.13. The highest BCUT2D eigenvalue weighted by Gasteiger charge is 2.21. The van der Waals surface area contributed by atoms with Gasteiger partial charge in [0.05, 0.1) is 11.4 Å². The molecule has 3 rings (SSSR count). The van der Waals surface area contributed by atoms with E-state index in [2.05, 4.69) is 39.0 Å². The minimum atomic E-state index is 0.601. The Bertz CT molecular complexity index is 611. The Morgan fingerprint density at radius 1 is 1.05 bits per heavy atom. The summed E-state index contributed by atoms with van der Waals surface area (Å²) in [4.78, 5) is 0. The maximum Gasteiger partial charge on any atom is 0.127 e. The van der Waals surface area contributed by atoms with E-state index in [9.17, 15) is 0 Å². The van der Waals surface area contributed by atoms with Gasteiger partial charge in [0, 0.05) is 12.0 Å². The minimum Gasteiger partial charge on any atom is -0.384 e. The lowest BCUT2D eigenvalue weighted by molar-refractivity contribution is 0.678. The van der Waals surface area contributed by atoms with E-state index in [-0.39, 0.29) is 0 Å². The van der Waals surface area contributed by atoms with E-state index in [1.807, 2.05) is 4.68 Å². The number of aromatic nitrogens is 2. The molecule has 106 valence electrons. The van der Waals surface area contributed by atoms with E-state index in [0.717, 1.165) is 11.5 Å². The third-order valence-electron chi connectivity index (χ3n) is 4.38. The van der Waals surface area contributed by atoms with Gasteiger partial charge >= 0.3 is 0 Å². The molecule has 1 heterocycles. The third kappa shape index (κ3) is 2.21. The number of benzene rings is 1. The minimum absolute atomic E-state index is 0.601. The van der Waals surface area contributed by atoms with Gasteiger partial charge in [0.1, 0.15) is 5.82 Å². The largest absolute Gasteiger partial charge is 0.384 e. The molecule has 1 aliphatic rings. The van der Waals surface area contributed by atoms with Crippen molar-refractivity contribution < 1.29 is 0 Å². The van der Waals surface area contributed by atoms with Gasteiger partial charge in [-0.1, -0.05) is 30.5 Å². The number of hydrogen-bond acceptors (Lipinski definition) is 2. The molecule has 0 radical (unpaired) electrons. The molecule has 0 atom stereocenters. The maximum atomic E-state index is 6.22. The Kier molecular flexibility index (Phi) is 3.28. The fraction of sp³-hybridized carbons (Fsp3) is 0.471. The number of nitrogens with two attached hydrogens (primary N) is 1. The number of rotatable bonds is 2. The third-order valence-corrected chi connectivity index (χ3v) is 4.38. The van der Waals surface area contributed by atoms with Crippen LogP contribution in [0, 0.1) is 20.8 Å². The van der Waals surface area contributed by atoms with Crippen molar-refractivity contribution in [1.29, 1.82) is 0 Å². The van der Waals surface area contributed by atoms with Gasteiger partial charge in [-0.25, -0.2) is 4.68 Å². The Labute approximate surface area is 120 Å². The zero-order valence-electron chi connectivity index (χ0n) is 12.6. The predicted octanol–water partition coefficient (Wildman–Crippen LogP) is 4.04. The van der Waals surface area contributed by atoms with Crippen LogP contribution >= 0.6 is 0 Å². The molecule has 0 unspecified atom stereocenters. The smallest absolute Gasteiger partial charge is 0.127 e. The highest BCUT2D eigenvalue weighted by atomic mass is 15.3. The van der Waals surface area contributed by atoms with Gasteiger partial charge in [0.25, 0.3) is 0 Å². The second kappa shape index (κ2) is 4.97. The first-order chi connectivity index (χ1) is 9.56. The molecule has 1 aliphatic carbocycles. The van der Waals surface area contributed by atoms with Crippen LogP contribution in [0.2, 0.25) is 0 Å². The van der Waals surface area contributed by atoms with Crippen LogP contribution < -0.4 is 5.73 Å². The average molecular weight is 269 g/mol. The van der Waals surface area contributed by atoms with Crippen LogP contribution in [0.4, 0.5) is 5.82 Å². The van der Waals surface area contributed by atoms with Gasteiger partial charge in [-0.15, -0.1) is 0 Å². The molecule has 2 aromatic rings. The van der Waals surface area contributed by atoms with Crippen molar-refractivity contribution in [2.24, 2.45) is 0 Å². The Morgan fingerprint density at radius 3 is 2.25 bits per heavy atom. The summed E-state index contributed by atoms with van der Waals surface area (Å²) in [6.07, 6.45) is 5.14. The fourth-order valence-electron chi connectivity index (χ4n) is 3.52. The highest BCUT2D eigenvalue weighted by Crippen LogP contribution is 2.35.